The molecule has 1 aliphatic rings. The summed E-state index contributed by atoms with van der Waals surface area (Å²) >= 11 is 0. The Morgan fingerprint density at radius 1 is 1.12 bits per heavy atom. The first-order valence-electron chi connectivity index (χ1n) is 4.77. The predicted octanol–water partition coefficient (Wildman–Crippen LogP) is 1.68. The number of aromatic nitrogens is 2. The highest BCUT2D eigenvalue weighted by Crippen LogP contribution is 2.42. The molecule has 5 heteroatoms. The zero-order valence-electron chi connectivity index (χ0n) is 8.51. The average molecular weight is 216 g/mol. The fourth-order valence-corrected chi connectivity index (χ4v) is 1.49. The largest absolute Gasteiger partial charge is 0.447 e. The summed E-state index contributed by atoms with van der Waals surface area (Å²) in [6.07, 6.45) is 0. The van der Waals surface area contributed by atoms with Crippen LogP contribution < -0.4 is 15.0 Å². The molecule has 0 bridgehead atoms. The average Bonchev–Trinajstić information content (AvgIpc) is 2.28. The van der Waals surface area contributed by atoms with Crippen LogP contribution in [0.25, 0.3) is 0 Å². The maximum Gasteiger partial charge on any atom is 0.280 e. The zero-order chi connectivity index (χ0) is 11.1. The molecule has 2 aromatic rings. The summed E-state index contributed by atoms with van der Waals surface area (Å²) in [6.45, 7) is 0. The van der Waals surface area contributed by atoms with Gasteiger partial charge in [0.2, 0.25) is 0 Å². The number of rotatable bonds is 0. The number of hydrogen-bond donors (Lipinski definition) is 0. The lowest BCUT2D eigenvalue weighted by atomic mass is 10.3. The summed E-state index contributed by atoms with van der Waals surface area (Å²) in [5.41, 5.74) is -0.235. The molecule has 0 radical (unpaired) electrons. The van der Waals surface area contributed by atoms with Crippen LogP contribution >= 0.6 is 0 Å². The molecule has 0 fully saturated rings. The highest BCUT2D eigenvalue weighted by Gasteiger charge is 2.20. The predicted molar refractivity (Wildman–Crippen MR) is 56.1 cm³/mol. The van der Waals surface area contributed by atoms with Crippen molar-refractivity contribution in [2.75, 3.05) is 0 Å². The quantitative estimate of drug-likeness (QED) is 0.573. The van der Waals surface area contributed by atoms with Crippen LogP contribution in [-0.4, -0.2) is 9.78 Å². The van der Waals surface area contributed by atoms with E-state index in [0.717, 1.165) is 0 Å². The van der Waals surface area contributed by atoms with Gasteiger partial charge in [0, 0.05) is 7.05 Å². The number of ether oxygens (including phenoxy) is 2. The molecule has 1 aliphatic heterocycles. The monoisotopic (exact) mass is 216 g/mol. The van der Waals surface area contributed by atoms with Crippen molar-refractivity contribution in [1.29, 1.82) is 0 Å². The highest BCUT2D eigenvalue weighted by molar-refractivity contribution is 5.50. The molecule has 0 unspecified atom stereocenters. The van der Waals surface area contributed by atoms with Gasteiger partial charge in [0.25, 0.3) is 11.4 Å². The van der Waals surface area contributed by atoms with Crippen LogP contribution in [0.4, 0.5) is 0 Å². The van der Waals surface area contributed by atoms with E-state index in [1.165, 1.54) is 10.7 Å². The van der Waals surface area contributed by atoms with E-state index in [4.69, 9.17) is 9.47 Å². The van der Waals surface area contributed by atoms with E-state index < -0.39 is 0 Å². The van der Waals surface area contributed by atoms with Crippen LogP contribution in [0.5, 0.6) is 23.1 Å². The van der Waals surface area contributed by atoms with Gasteiger partial charge < -0.3 is 9.47 Å². The fourth-order valence-electron chi connectivity index (χ4n) is 1.49. The summed E-state index contributed by atoms with van der Waals surface area (Å²) in [5.74, 6) is 1.84. The van der Waals surface area contributed by atoms with Gasteiger partial charge in [-0.15, -0.1) is 5.10 Å². The Bertz CT molecular complexity index is 619. The Kier molecular flexibility index (Phi) is 1.73. The molecule has 16 heavy (non-hydrogen) atoms. The van der Waals surface area contributed by atoms with Gasteiger partial charge in [0.1, 0.15) is 0 Å². The molecule has 3 rings (SSSR count). The third-order valence-corrected chi connectivity index (χ3v) is 2.30. The maximum absolute atomic E-state index is 11.4. The van der Waals surface area contributed by atoms with Crippen LogP contribution in [0.15, 0.2) is 35.1 Å². The Labute approximate surface area is 90.9 Å². The van der Waals surface area contributed by atoms with Crippen LogP contribution in [0.2, 0.25) is 0 Å². The van der Waals surface area contributed by atoms with Crippen LogP contribution in [0, 0.1) is 0 Å². The summed E-state index contributed by atoms with van der Waals surface area (Å²) in [4.78, 5) is 11.4. The molecule has 1 aromatic heterocycles. The van der Waals surface area contributed by atoms with Crippen LogP contribution in [0.3, 0.4) is 0 Å². The first-order chi connectivity index (χ1) is 7.74. The maximum atomic E-state index is 11.4. The second kappa shape index (κ2) is 3.10. The van der Waals surface area contributed by atoms with Crippen molar-refractivity contribution >= 4 is 0 Å². The molecule has 5 nitrogen and oxygen atoms in total. The molecule has 0 saturated carbocycles. The molecule has 0 amide bonds. The summed E-state index contributed by atoms with van der Waals surface area (Å²) in [6, 6.07) is 8.59. The first kappa shape index (κ1) is 8.96. The number of fused-ring (bicyclic) bond motifs is 2. The molecule has 0 saturated heterocycles. The van der Waals surface area contributed by atoms with Crippen molar-refractivity contribution in [3.63, 3.8) is 0 Å². The second-order valence-corrected chi connectivity index (χ2v) is 3.43. The SMILES string of the molecule is Cn1nc2c(cc1=O)Oc1ccccc1O2. The number of nitrogens with zero attached hydrogens (tertiary/aromatic N) is 2. The van der Waals surface area contributed by atoms with Crippen molar-refractivity contribution in [1.82, 2.24) is 9.78 Å². The molecule has 1 aromatic carbocycles. The smallest absolute Gasteiger partial charge is 0.280 e. The molecule has 0 aliphatic carbocycles. The normalized spacial score (nSPS) is 12.1. The lowest BCUT2D eigenvalue weighted by Gasteiger charge is -2.18. The lowest BCUT2D eigenvalue weighted by Crippen LogP contribution is -2.20. The van der Waals surface area contributed by atoms with E-state index in [9.17, 15) is 4.79 Å². The number of para-hydroxylation sites is 2. The van der Waals surface area contributed by atoms with Crippen molar-refractivity contribution in [3.05, 3.63) is 40.7 Å². The minimum absolute atomic E-state index is 0.235. The van der Waals surface area contributed by atoms with Crippen molar-refractivity contribution in [2.45, 2.75) is 0 Å². The van der Waals surface area contributed by atoms with E-state index in [2.05, 4.69) is 5.10 Å². The summed E-state index contributed by atoms with van der Waals surface area (Å²) in [5, 5.41) is 3.97. The summed E-state index contributed by atoms with van der Waals surface area (Å²) in [7, 11) is 1.56. The second-order valence-electron chi connectivity index (χ2n) is 3.43. The van der Waals surface area contributed by atoms with E-state index in [1.54, 1.807) is 19.2 Å². The standard InChI is InChI=1S/C11H8N2O3/c1-13-10(14)6-9-11(12-13)16-8-5-3-2-4-7(8)15-9/h2-6H,1H3. The van der Waals surface area contributed by atoms with Gasteiger partial charge in [-0.25, -0.2) is 4.68 Å². The van der Waals surface area contributed by atoms with Gasteiger partial charge in [-0.3, -0.25) is 4.79 Å². The number of aryl methyl sites for hydroxylation is 1. The summed E-state index contributed by atoms with van der Waals surface area (Å²) < 4.78 is 12.2. The van der Waals surface area contributed by atoms with Gasteiger partial charge in [0.05, 0.1) is 6.07 Å². The van der Waals surface area contributed by atoms with Gasteiger partial charge in [-0.05, 0) is 12.1 Å². The fraction of sp³-hybridized carbons (Fsp3) is 0.0909. The molecular weight excluding hydrogens is 208 g/mol. The highest BCUT2D eigenvalue weighted by atomic mass is 16.6. The van der Waals surface area contributed by atoms with Crippen molar-refractivity contribution in [2.24, 2.45) is 7.05 Å². The molecule has 2 heterocycles. The lowest BCUT2D eigenvalue weighted by molar-refractivity contribution is 0.335. The topological polar surface area (TPSA) is 53.4 Å². The molecule has 80 valence electrons. The Morgan fingerprint density at radius 3 is 2.56 bits per heavy atom. The Balaban J connectivity index is 2.16. The first-order valence-corrected chi connectivity index (χ1v) is 4.77. The van der Waals surface area contributed by atoms with E-state index in [0.29, 0.717) is 23.1 Å². The molecular formula is C11H8N2O3. The minimum atomic E-state index is -0.235. The number of hydrogen-bond acceptors (Lipinski definition) is 4. The van der Waals surface area contributed by atoms with Gasteiger partial charge >= 0.3 is 0 Å². The third-order valence-electron chi connectivity index (χ3n) is 2.30. The third kappa shape index (κ3) is 1.25. The van der Waals surface area contributed by atoms with Crippen LogP contribution in [-0.2, 0) is 7.05 Å². The Hall–Kier alpha value is -2.30. The van der Waals surface area contributed by atoms with E-state index in [-0.39, 0.29) is 5.56 Å². The van der Waals surface area contributed by atoms with E-state index in [1.807, 2.05) is 12.1 Å². The van der Waals surface area contributed by atoms with Gasteiger partial charge in [-0.1, -0.05) is 12.1 Å². The van der Waals surface area contributed by atoms with Gasteiger partial charge in [-0.2, -0.15) is 0 Å². The molecule has 0 atom stereocenters. The Morgan fingerprint density at radius 2 is 1.81 bits per heavy atom. The van der Waals surface area contributed by atoms with Crippen molar-refractivity contribution in [3.8, 4) is 23.1 Å². The van der Waals surface area contributed by atoms with E-state index >= 15 is 0 Å². The molecule has 0 N–H and O–H groups in total. The van der Waals surface area contributed by atoms with Crippen molar-refractivity contribution < 1.29 is 9.47 Å². The minimum Gasteiger partial charge on any atom is -0.447 e. The van der Waals surface area contributed by atoms with Crippen LogP contribution in [0.1, 0.15) is 0 Å². The number of benzene rings is 1. The van der Waals surface area contributed by atoms with Gasteiger partial charge in [0.15, 0.2) is 17.2 Å². The zero-order valence-corrected chi connectivity index (χ0v) is 8.51. The molecule has 0 spiro atoms.